The maximum atomic E-state index is 11.9. The van der Waals surface area contributed by atoms with Gasteiger partial charge in [-0.05, 0) is 19.1 Å². The second kappa shape index (κ2) is 7.83. The smallest absolute Gasteiger partial charge is 0.227 e. The zero-order valence-electron chi connectivity index (χ0n) is 13.0. The normalized spacial score (nSPS) is 15.1. The Balaban J connectivity index is 1.67. The Bertz CT molecular complexity index is 510. The quantitative estimate of drug-likeness (QED) is 0.735. The molecule has 2 amide bonds. The SMILES string of the molecule is CC(C)n1nnc(CC(=O)NCCC(=O)N2CCOCC2)n1. The van der Waals surface area contributed by atoms with Crippen molar-refractivity contribution in [2.45, 2.75) is 32.7 Å². The first-order chi connectivity index (χ1) is 10.6. The van der Waals surface area contributed by atoms with Gasteiger partial charge in [0.15, 0.2) is 5.82 Å². The Hall–Kier alpha value is -2.03. The van der Waals surface area contributed by atoms with Crippen LogP contribution in [0.5, 0.6) is 0 Å². The summed E-state index contributed by atoms with van der Waals surface area (Å²) in [5.41, 5.74) is 0. The molecule has 0 saturated carbocycles. The van der Waals surface area contributed by atoms with E-state index in [1.165, 1.54) is 4.80 Å². The van der Waals surface area contributed by atoms with Crippen molar-refractivity contribution in [1.82, 2.24) is 30.4 Å². The first-order valence-electron chi connectivity index (χ1n) is 7.47. The van der Waals surface area contributed by atoms with Gasteiger partial charge in [-0.25, -0.2) is 0 Å². The molecular weight excluding hydrogens is 288 g/mol. The van der Waals surface area contributed by atoms with Crippen LogP contribution in [0.1, 0.15) is 32.1 Å². The van der Waals surface area contributed by atoms with E-state index in [0.29, 0.717) is 38.7 Å². The highest BCUT2D eigenvalue weighted by atomic mass is 16.5. The van der Waals surface area contributed by atoms with Crippen LogP contribution in [0, 0.1) is 0 Å². The number of nitrogens with one attached hydrogen (secondary N) is 1. The Morgan fingerprint density at radius 1 is 1.32 bits per heavy atom. The molecule has 0 spiro atoms. The fourth-order valence-electron chi connectivity index (χ4n) is 2.03. The van der Waals surface area contributed by atoms with Crippen LogP contribution in [0.3, 0.4) is 0 Å². The number of rotatable bonds is 6. The molecule has 22 heavy (non-hydrogen) atoms. The van der Waals surface area contributed by atoms with Crippen molar-refractivity contribution in [2.24, 2.45) is 0 Å². The van der Waals surface area contributed by atoms with Crippen LogP contribution in [-0.2, 0) is 20.7 Å². The summed E-state index contributed by atoms with van der Waals surface area (Å²) >= 11 is 0. The van der Waals surface area contributed by atoms with Gasteiger partial charge < -0.3 is 15.0 Å². The predicted molar refractivity (Wildman–Crippen MR) is 76.9 cm³/mol. The van der Waals surface area contributed by atoms with Crippen molar-refractivity contribution >= 4 is 11.8 Å². The van der Waals surface area contributed by atoms with Crippen molar-refractivity contribution in [3.05, 3.63) is 5.82 Å². The minimum atomic E-state index is -0.210. The van der Waals surface area contributed by atoms with Crippen molar-refractivity contribution in [2.75, 3.05) is 32.8 Å². The Morgan fingerprint density at radius 3 is 2.68 bits per heavy atom. The number of nitrogens with zero attached hydrogens (tertiary/aromatic N) is 5. The molecule has 0 atom stereocenters. The van der Waals surface area contributed by atoms with E-state index < -0.39 is 0 Å². The minimum Gasteiger partial charge on any atom is -0.378 e. The average molecular weight is 310 g/mol. The molecule has 2 heterocycles. The Morgan fingerprint density at radius 2 is 2.05 bits per heavy atom. The summed E-state index contributed by atoms with van der Waals surface area (Å²) in [5, 5.41) is 14.5. The van der Waals surface area contributed by atoms with Gasteiger partial charge in [-0.2, -0.15) is 4.80 Å². The Kier molecular flexibility index (Phi) is 5.82. The van der Waals surface area contributed by atoms with E-state index in [2.05, 4.69) is 20.7 Å². The van der Waals surface area contributed by atoms with Gasteiger partial charge in [0.05, 0.1) is 25.7 Å². The van der Waals surface area contributed by atoms with Gasteiger partial charge in [0.1, 0.15) is 0 Å². The number of ether oxygens (including phenoxy) is 1. The van der Waals surface area contributed by atoms with E-state index in [-0.39, 0.29) is 30.7 Å². The van der Waals surface area contributed by atoms with Gasteiger partial charge in [0, 0.05) is 26.1 Å². The number of amides is 2. The number of hydrogen-bond donors (Lipinski definition) is 1. The number of carbonyl (C=O) groups is 2. The van der Waals surface area contributed by atoms with Crippen LogP contribution in [0.2, 0.25) is 0 Å². The number of carbonyl (C=O) groups excluding carboxylic acids is 2. The minimum absolute atomic E-state index is 0.0347. The van der Waals surface area contributed by atoms with Gasteiger partial charge in [0.2, 0.25) is 11.8 Å². The number of aromatic nitrogens is 4. The van der Waals surface area contributed by atoms with E-state index in [0.717, 1.165) is 0 Å². The average Bonchev–Trinajstić information content (AvgIpc) is 2.96. The maximum absolute atomic E-state index is 11.9. The number of morpholine rings is 1. The first kappa shape index (κ1) is 16.3. The zero-order valence-corrected chi connectivity index (χ0v) is 13.0. The monoisotopic (exact) mass is 310 g/mol. The first-order valence-corrected chi connectivity index (χ1v) is 7.47. The molecule has 0 radical (unpaired) electrons. The van der Waals surface area contributed by atoms with E-state index in [4.69, 9.17) is 4.74 Å². The number of tetrazole rings is 1. The lowest BCUT2D eigenvalue weighted by Gasteiger charge is -2.26. The summed E-state index contributed by atoms with van der Waals surface area (Å²) in [6, 6.07) is 0.107. The molecule has 0 aromatic carbocycles. The molecule has 1 aromatic rings. The van der Waals surface area contributed by atoms with Gasteiger partial charge >= 0.3 is 0 Å². The van der Waals surface area contributed by atoms with Crippen LogP contribution in [0.25, 0.3) is 0 Å². The molecule has 1 fully saturated rings. The van der Waals surface area contributed by atoms with Gasteiger partial charge in [-0.15, -0.1) is 10.2 Å². The molecule has 1 aliphatic rings. The predicted octanol–water partition coefficient (Wildman–Crippen LogP) is -0.838. The lowest BCUT2D eigenvalue weighted by atomic mass is 10.3. The van der Waals surface area contributed by atoms with Crippen LogP contribution < -0.4 is 5.32 Å². The zero-order chi connectivity index (χ0) is 15.9. The molecule has 1 N–H and O–H groups in total. The summed E-state index contributed by atoms with van der Waals surface area (Å²) in [4.78, 5) is 26.9. The second-order valence-electron chi connectivity index (χ2n) is 5.39. The highest BCUT2D eigenvalue weighted by Crippen LogP contribution is 2.00. The second-order valence-corrected chi connectivity index (χ2v) is 5.39. The summed E-state index contributed by atoms with van der Waals surface area (Å²) in [6.07, 6.45) is 0.357. The van der Waals surface area contributed by atoms with Crippen molar-refractivity contribution in [3.8, 4) is 0 Å². The summed E-state index contributed by atoms with van der Waals surface area (Å²) in [7, 11) is 0. The summed E-state index contributed by atoms with van der Waals surface area (Å²) in [5.74, 6) is 0.205. The van der Waals surface area contributed by atoms with Crippen LogP contribution in [0.15, 0.2) is 0 Å². The number of hydrogen-bond acceptors (Lipinski definition) is 6. The largest absolute Gasteiger partial charge is 0.378 e. The van der Waals surface area contributed by atoms with Gasteiger partial charge in [0.25, 0.3) is 0 Å². The molecule has 0 bridgehead atoms. The van der Waals surface area contributed by atoms with Gasteiger partial charge in [-0.3, -0.25) is 9.59 Å². The third-order valence-electron chi connectivity index (χ3n) is 3.28. The van der Waals surface area contributed by atoms with Crippen LogP contribution in [-0.4, -0.2) is 69.8 Å². The summed E-state index contributed by atoms with van der Waals surface area (Å²) < 4.78 is 5.19. The molecule has 9 heteroatoms. The molecule has 2 rings (SSSR count). The fourth-order valence-corrected chi connectivity index (χ4v) is 2.03. The third kappa shape index (κ3) is 4.76. The van der Waals surface area contributed by atoms with E-state index >= 15 is 0 Å². The standard InChI is InChI=1S/C13H22N6O3/c1-10(2)19-16-11(15-17-19)9-12(20)14-4-3-13(21)18-5-7-22-8-6-18/h10H,3-9H2,1-2H3,(H,14,20). The van der Waals surface area contributed by atoms with Crippen molar-refractivity contribution < 1.29 is 14.3 Å². The van der Waals surface area contributed by atoms with Crippen molar-refractivity contribution in [1.29, 1.82) is 0 Å². The molecule has 1 saturated heterocycles. The maximum Gasteiger partial charge on any atom is 0.227 e. The lowest BCUT2D eigenvalue weighted by Crippen LogP contribution is -2.42. The molecule has 1 aliphatic heterocycles. The van der Waals surface area contributed by atoms with E-state index in [1.54, 1.807) is 4.90 Å². The third-order valence-corrected chi connectivity index (χ3v) is 3.28. The molecular formula is C13H22N6O3. The molecule has 0 unspecified atom stereocenters. The van der Waals surface area contributed by atoms with Crippen molar-refractivity contribution in [3.63, 3.8) is 0 Å². The molecule has 122 valence electrons. The molecule has 0 aliphatic carbocycles. The molecule has 1 aromatic heterocycles. The van der Waals surface area contributed by atoms with E-state index in [1.807, 2.05) is 13.8 Å². The van der Waals surface area contributed by atoms with Crippen LogP contribution in [0.4, 0.5) is 0 Å². The highest BCUT2D eigenvalue weighted by Gasteiger charge is 2.17. The Labute approximate surface area is 129 Å². The van der Waals surface area contributed by atoms with Gasteiger partial charge in [-0.1, -0.05) is 0 Å². The van der Waals surface area contributed by atoms with E-state index in [9.17, 15) is 9.59 Å². The topological polar surface area (TPSA) is 102 Å². The fraction of sp³-hybridized carbons (Fsp3) is 0.769. The highest BCUT2D eigenvalue weighted by molar-refractivity contribution is 5.80. The van der Waals surface area contributed by atoms with Crippen LogP contribution >= 0.6 is 0 Å². The molecule has 9 nitrogen and oxygen atoms in total. The lowest BCUT2D eigenvalue weighted by molar-refractivity contribution is -0.135. The summed E-state index contributed by atoms with van der Waals surface area (Å²) in [6.45, 7) is 6.58.